The Morgan fingerprint density at radius 1 is 1.21 bits per heavy atom. The summed E-state index contributed by atoms with van der Waals surface area (Å²) in [7, 11) is 0. The molecular formula is C15H8F6N2O. The first-order valence-corrected chi connectivity index (χ1v) is 6.66. The van der Waals surface area contributed by atoms with E-state index in [4.69, 9.17) is 5.26 Å². The number of nitriles is 1. The second kappa shape index (κ2) is 5.27. The molecule has 0 radical (unpaired) electrons. The number of rotatable bonds is 1. The zero-order valence-corrected chi connectivity index (χ0v) is 11.7. The molecule has 0 amide bonds. The highest BCUT2D eigenvalue weighted by atomic mass is 19.4. The van der Waals surface area contributed by atoms with Gasteiger partial charge in [-0.15, -0.1) is 0 Å². The van der Waals surface area contributed by atoms with Gasteiger partial charge in [-0.2, -0.15) is 18.4 Å². The number of hydrogen-bond donors (Lipinski definition) is 1. The lowest BCUT2D eigenvalue weighted by Gasteiger charge is -2.13. The third kappa shape index (κ3) is 2.17. The molecule has 1 heterocycles. The monoisotopic (exact) mass is 346 g/mol. The largest absolute Gasteiger partial charge is 0.418 e. The number of halogens is 6. The fourth-order valence-corrected chi connectivity index (χ4v) is 2.82. The molecule has 0 spiro atoms. The van der Waals surface area contributed by atoms with Crippen LogP contribution in [0.1, 0.15) is 34.7 Å². The number of benzene rings is 1. The molecule has 3 rings (SSSR count). The van der Waals surface area contributed by atoms with Gasteiger partial charge in [0.05, 0.1) is 22.5 Å². The van der Waals surface area contributed by atoms with Gasteiger partial charge in [0.15, 0.2) is 18.2 Å². The van der Waals surface area contributed by atoms with Gasteiger partial charge < -0.3 is 9.67 Å². The summed E-state index contributed by atoms with van der Waals surface area (Å²) in [6.45, 7) is 0. The van der Waals surface area contributed by atoms with Crippen molar-refractivity contribution in [3.8, 4) is 11.8 Å². The fourth-order valence-electron chi connectivity index (χ4n) is 2.82. The molecule has 0 saturated carbocycles. The highest BCUT2D eigenvalue weighted by Gasteiger charge is 2.50. The summed E-state index contributed by atoms with van der Waals surface area (Å²) in [5, 5.41) is 18.4. The molecule has 1 aromatic carbocycles. The average Bonchev–Trinajstić information content (AvgIpc) is 3.01. The summed E-state index contributed by atoms with van der Waals surface area (Å²) in [4.78, 5) is 0. The lowest BCUT2D eigenvalue weighted by atomic mass is 10.1. The van der Waals surface area contributed by atoms with Crippen molar-refractivity contribution in [2.45, 2.75) is 24.6 Å². The van der Waals surface area contributed by atoms with E-state index in [1.54, 1.807) is 0 Å². The van der Waals surface area contributed by atoms with E-state index in [2.05, 4.69) is 0 Å². The molecule has 1 aliphatic carbocycles. The predicted octanol–water partition coefficient (Wildman–Crippen LogP) is 3.90. The molecule has 0 fully saturated rings. The summed E-state index contributed by atoms with van der Waals surface area (Å²) in [5.41, 5.74) is -4.21. The van der Waals surface area contributed by atoms with Crippen LogP contribution >= 0.6 is 0 Å². The fraction of sp³-hybridized carbons (Fsp3) is 0.267. The topological polar surface area (TPSA) is 49.0 Å². The molecule has 1 N–H and O–H groups in total. The Kier molecular flexibility index (Phi) is 3.60. The molecule has 1 aromatic heterocycles. The maximum Gasteiger partial charge on any atom is 0.418 e. The standard InChI is InChI=1S/C15H8F6N2O/c16-10-6(4-22)2-1-3-8(10)23-5-7(15(19,20)21)9-13(23)11(17)12(18)14(9)24/h1-3,5,11-12,14,24H/t11-,12+,14+/m0/s1. The highest BCUT2D eigenvalue weighted by molar-refractivity contribution is 5.51. The Labute approximate surface area is 131 Å². The SMILES string of the molecule is N#Cc1cccc(-n2cc(C(F)(F)F)c3c2[C@@H](F)[C@@H](F)[C@@H]3O)c1F. The molecular weight excluding hydrogens is 338 g/mol. The first-order chi connectivity index (χ1) is 11.2. The van der Waals surface area contributed by atoms with Crippen molar-refractivity contribution in [1.29, 1.82) is 5.26 Å². The van der Waals surface area contributed by atoms with Crippen molar-refractivity contribution in [3.63, 3.8) is 0 Å². The van der Waals surface area contributed by atoms with Gasteiger partial charge in [0.2, 0.25) is 0 Å². The van der Waals surface area contributed by atoms with E-state index in [1.165, 1.54) is 12.1 Å². The van der Waals surface area contributed by atoms with E-state index in [-0.39, 0.29) is 0 Å². The number of hydrogen-bond acceptors (Lipinski definition) is 2. The highest BCUT2D eigenvalue weighted by Crippen LogP contribution is 2.50. The van der Waals surface area contributed by atoms with Crippen molar-refractivity contribution in [1.82, 2.24) is 4.57 Å². The van der Waals surface area contributed by atoms with Crippen LogP contribution in [0.15, 0.2) is 24.4 Å². The van der Waals surface area contributed by atoms with E-state index in [9.17, 15) is 31.4 Å². The summed E-state index contributed by atoms with van der Waals surface area (Å²) < 4.78 is 81.9. The van der Waals surface area contributed by atoms with Crippen LogP contribution in [0.25, 0.3) is 5.69 Å². The van der Waals surface area contributed by atoms with Crippen LogP contribution in [0.5, 0.6) is 0 Å². The second-order valence-corrected chi connectivity index (χ2v) is 5.25. The molecule has 0 unspecified atom stereocenters. The molecule has 24 heavy (non-hydrogen) atoms. The van der Waals surface area contributed by atoms with Crippen molar-refractivity contribution in [2.75, 3.05) is 0 Å². The molecule has 2 aromatic rings. The smallest absolute Gasteiger partial charge is 0.385 e. The number of aromatic nitrogens is 1. The van der Waals surface area contributed by atoms with E-state index in [0.29, 0.717) is 10.8 Å². The first-order valence-electron chi connectivity index (χ1n) is 6.66. The van der Waals surface area contributed by atoms with E-state index in [0.717, 1.165) is 12.1 Å². The van der Waals surface area contributed by atoms with Gasteiger partial charge in [-0.1, -0.05) is 6.07 Å². The number of fused-ring (bicyclic) bond motifs is 1. The van der Waals surface area contributed by atoms with E-state index in [1.807, 2.05) is 0 Å². The molecule has 126 valence electrons. The Morgan fingerprint density at radius 2 is 1.88 bits per heavy atom. The second-order valence-electron chi connectivity index (χ2n) is 5.25. The van der Waals surface area contributed by atoms with Crippen molar-refractivity contribution in [3.05, 3.63) is 52.6 Å². The van der Waals surface area contributed by atoms with Gasteiger partial charge in [-0.3, -0.25) is 0 Å². The van der Waals surface area contributed by atoms with Gasteiger partial charge in [0, 0.05) is 11.8 Å². The predicted molar refractivity (Wildman–Crippen MR) is 69.1 cm³/mol. The van der Waals surface area contributed by atoms with Gasteiger partial charge in [0.25, 0.3) is 0 Å². The van der Waals surface area contributed by atoms with Crippen LogP contribution in [0.2, 0.25) is 0 Å². The average molecular weight is 346 g/mol. The summed E-state index contributed by atoms with van der Waals surface area (Å²) in [6.07, 6.45) is -12.1. The number of aliphatic hydroxyl groups is 1. The summed E-state index contributed by atoms with van der Waals surface area (Å²) in [6, 6.07) is 4.83. The lowest BCUT2D eigenvalue weighted by molar-refractivity contribution is -0.139. The van der Waals surface area contributed by atoms with E-state index < -0.39 is 58.5 Å². The van der Waals surface area contributed by atoms with Crippen LogP contribution in [0.4, 0.5) is 26.3 Å². The van der Waals surface area contributed by atoms with Crippen molar-refractivity contribution < 1.29 is 31.4 Å². The van der Waals surface area contributed by atoms with Crippen LogP contribution in [0, 0.1) is 17.1 Å². The number of alkyl halides is 5. The quantitative estimate of drug-likeness (QED) is 0.796. The van der Waals surface area contributed by atoms with Gasteiger partial charge >= 0.3 is 6.18 Å². The maximum atomic E-state index is 14.3. The lowest BCUT2D eigenvalue weighted by Crippen LogP contribution is -2.15. The minimum Gasteiger partial charge on any atom is -0.385 e. The van der Waals surface area contributed by atoms with Crippen LogP contribution < -0.4 is 0 Å². The molecule has 1 aliphatic rings. The molecule has 0 bridgehead atoms. The maximum absolute atomic E-state index is 14.3. The van der Waals surface area contributed by atoms with Crippen LogP contribution in [-0.4, -0.2) is 15.8 Å². The Hall–Kier alpha value is -2.47. The summed E-state index contributed by atoms with van der Waals surface area (Å²) in [5.74, 6) is -1.17. The molecule has 0 aliphatic heterocycles. The van der Waals surface area contributed by atoms with E-state index >= 15 is 0 Å². The summed E-state index contributed by atoms with van der Waals surface area (Å²) >= 11 is 0. The van der Waals surface area contributed by atoms with Gasteiger partial charge in [-0.25, -0.2) is 13.2 Å². The number of aliphatic hydroxyl groups excluding tert-OH is 1. The third-order valence-electron chi connectivity index (χ3n) is 3.89. The van der Waals surface area contributed by atoms with Crippen molar-refractivity contribution in [2.24, 2.45) is 0 Å². The van der Waals surface area contributed by atoms with Crippen LogP contribution in [0.3, 0.4) is 0 Å². The normalized spacial score (nSPS) is 23.2. The molecule has 3 nitrogen and oxygen atoms in total. The Balaban J connectivity index is 2.33. The van der Waals surface area contributed by atoms with Gasteiger partial charge in [0.1, 0.15) is 12.2 Å². The zero-order valence-electron chi connectivity index (χ0n) is 11.7. The molecule has 0 saturated heterocycles. The first kappa shape index (κ1) is 16.4. The Morgan fingerprint density at radius 3 is 2.46 bits per heavy atom. The minimum atomic E-state index is -5.00. The van der Waals surface area contributed by atoms with Gasteiger partial charge in [-0.05, 0) is 12.1 Å². The number of nitrogens with zero attached hydrogens (tertiary/aromatic N) is 2. The Bertz CT molecular complexity index is 851. The van der Waals surface area contributed by atoms with Crippen molar-refractivity contribution >= 4 is 0 Å². The molecule has 3 atom stereocenters. The molecule has 9 heteroatoms. The van der Waals surface area contributed by atoms with Crippen LogP contribution in [-0.2, 0) is 6.18 Å². The third-order valence-corrected chi connectivity index (χ3v) is 3.89. The zero-order chi connectivity index (χ0) is 17.8. The minimum absolute atomic E-state index is 0.395.